The first-order valence-electron chi connectivity index (χ1n) is 9.36. The van der Waals surface area contributed by atoms with Crippen LogP contribution < -0.4 is 0 Å². The molecule has 1 atom stereocenters. The minimum absolute atomic E-state index is 0.0669. The molecule has 0 aliphatic carbocycles. The lowest BCUT2D eigenvalue weighted by atomic mass is 10.1. The van der Waals surface area contributed by atoms with E-state index in [-0.39, 0.29) is 11.9 Å². The van der Waals surface area contributed by atoms with Gasteiger partial charge in [-0.3, -0.25) is 4.79 Å². The molecular formula is C20H22ClN5O2. The fourth-order valence-corrected chi connectivity index (χ4v) is 3.90. The van der Waals surface area contributed by atoms with Gasteiger partial charge in [-0.25, -0.2) is 0 Å². The molecule has 1 aromatic carbocycles. The predicted molar refractivity (Wildman–Crippen MR) is 104 cm³/mol. The number of aryl methyl sites for hydroxylation is 2. The molecule has 0 radical (unpaired) electrons. The second-order valence-electron chi connectivity index (χ2n) is 7.17. The van der Waals surface area contributed by atoms with Crippen molar-refractivity contribution in [2.75, 3.05) is 6.54 Å². The molecule has 3 heterocycles. The summed E-state index contributed by atoms with van der Waals surface area (Å²) in [5.74, 6) is 1.59. The molecular weight excluding hydrogens is 378 g/mol. The summed E-state index contributed by atoms with van der Waals surface area (Å²) in [7, 11) is 0. The van der Waals surface area contributed by atoms with Gasteiger partial charge in [0.15, 0.2) is 5.82 Å². The molecule has 0 N–H and O–H groups in total. The van der Waals surface area contributed by atoms with Crippen molar-refractivity contribution >= 4 is 17.5 Å². The van der Waals surface area contributed by atoms with E-state index in [0.717, 1.165) is 42.0 Å². The number of hydrogen-bond donors (Lipinski definition) is 0. The smallest absolute Gasteiger partial charge is 0.227 e. The molecule has 146 valence electrons. The predicted octanol–water partition coefficient (Wildman–Crippen LogP) is 3.49. The van der Waals surface area contributed by atoms with Crippen LogP contribution in [0.5, 0.6) is 0 Å². The quantitative estimate of drug-likeness (QED) is 0.656. The Morgan fingerprint density at radius 3 is 2.79 bits per heavy atom. The number of halogens is 1. The SMILES string of the molecule is Cc1noc(C)c1CC(=O)N1CCCC1c1nncn1Cc1ccc(Cl)cc1. The first-order chi connectivity index (χ1) is 13.5. The van der Waals surface area contributed by atoms with Crippen LogP contribution in [0.3, 0.4) is 0 Å². The lowest BCUT2D eigenvalue weighted by Gasteiger charge is -2.24. The number of rotatable bonds is 5. The van der Waals surface area contributed by atoms with E-state index >= 15 is 0 Å². The molecule has 1 aliphatic rings. The summed E-state index contributed by atoms with van der Waals surface area (Å²) in [5, 5.41) is 13.1. The molecule has 0 spiro atoms. The van der Waals surface area contributed by atoms with Crippen molar-refractivity contribution in [3.05, 3.63) is 64.0 Å². The lowest BCUT2D eigenvalue weighted by molar-refractivity contribution is -0.131. The Bertz CT molecular complexity index is 959. The molecule has 0 saturated carbocycles. The fourth-order valence-electron chi connectivity index (χ4n) is 3.77. The van der Waals surface area contributed by atoms with Gasteiger partial charge in [0.05, 0.1) is 24.7 Å². The molecule has 2 aromatic heterocycles. The maximum atomic E-state index is 13.0. The number of hydrogen-bond acceptors (Lipinski definition) is 5. The zero-order valence-electron chi connectivity index (χ0n) is 15.9. The lowest BCUT2D eigenvalue weighted by Crippen LogP contribution is -2.33. The van der Waals surface area contributed by atoms with Crippen molar-refractivity contribution in [1.29, 1.82) is 0 Å². The monoisotopic (exact) mass is 399 g/mol. The summed E-state index contributed by atoms with van der Waals surface area (Å²) in [6.07, 6.45) is 3.85. The normalized spacial score (nSPS) is 16.7. The Morgan fingerprint density at radius 1 is 1.29 bits per heavy atom. The van der Waals surface area contributed by atoms with Crippen LogP contribution in [0.2, 0.25) is 5.02 Å². The molecule has 28 heavy (non-hydrogen) atoms. The highest BCUT2D eigenvalue weighted by atomic mass is 35.5. The third-order valence-corrected chi connectivity index (χ3v) is 5.54. The Kier molecular flexibility index (Phi) is 5.17. The van der Waals surface area contributed by atoms with E-state index in [1.807, 2.05) is 47.6 Å². The van der Waals surface area contributed by atoms with Crippen LogP contribution in [0.1, 0.15) is 47.3 Å². The number of amides is 1. The van der Waals surface area contributed by atoms with E-state index in [2.05, 4.69) is 15.4 Å². The van der Waals surface area contributed by atoms with E-state index < -0.39 is 0 Å². The molecule has 3 aromatic rings. The molecule has 1 saturated heterocycles. The summed E-state index contributed by atoms with van der Waals surface area (Å²) >= 11 is 5.98. The van der Waals surface area contributed by atoms with Crippen molar-refractivity contribution in [3.63, 3.8) is 0 Å². The largest absolute Gasteiger partial charge is 0.361 e. The number of likely N-dealkylation sites (tertiary alicyclic amines) is 1. The summed E-state index contributed by atoms with van der Waals surface area (Å²) in [5.41, 5.74) is 2.75. The maximum Gasteiger partial charge on any atom is 0.227 e. The standard InChI is InChI=1S/C20H22ClN5O2/c1-13-17(14(2)28-24-13)10-19(27)26-9-3-4-18(26)20-23-22-12-25(20)11-15-5-7-16(21)8-6-15/h5-8,12,18H,3-4,9-11H2,1-2H3. The van der Waals surface area contributed by atoms with Gasteiger partial charge in [0, 0.05) is 17.1 Å². The zero-order chi connectivity index (χ0) is 19.7. The van der Waals surface area contributed by atoms with E-state index in [1.165, 1.54) is 0 Å². The number of nitrogens with zero attached hydrogens (tertiary/aromatic N) is 5. The first kappa shape index (κ1) is 18.7. The highest BCUT2D eigenvalue weighted by molar-refractivity contribution is 6.30. The van der Waals surface area contributed by atoms with Crippen molar-refractivity contribution in [1.82, 2.24) is 24.8 Å². The van der Waals surface area contributed by atoms with Gasteiger partial charge in [-0.15, -0.1) is 10.2 Å². The number of carbonyl (C=O) groups is 1. The van der Waals surface area contributed by atoms with Crippen LogP contribution in [0.25, 0.3) is 0 Å². The van der Waals surface area contributed by atoms with Crippen LogP contribution in [-0.2, 0) is 17.8 Å². The number of aromatic nitrogens is 4. The molecule has 4 rings (SSSR count). The molecule has 0 bridgehead atoms. The topological polar surface area (TPSA) is 77.1 Å². The molecule has 1 unspecified atom stereocenters. The van der Waals surface area contributed by atoms with Crippen LogP contribution in [0.4, 0.5) is 0 Å². The van der Waals surface area contributed by atoms with Crippen LogP contribution in [0, 0.1) is 13.8 Å². The van der Waals surface area contributed by atoms with Crippen molar-refractivity contribution in [2.24, 2.45) is 0 Å². The third-order valence-electron chi connectivity index (χ3n) is 5.29. The number of benzene rings is 1. The second-order valence-corrected chi connectivity index (χ2v) is 7.60. The van der Waals surface area contributed by atoms with Gasteiger partial charge in [0.25, 0.3) is 0 Å². The Morgan fingerprint density at radius 2 is 2.07 bits per heavy atom. The van der Waals surface area contributed by atoms with Gasteiger partial charge in [0.1, 0.15) is 12.1 Å². The number of carbonyl (C=O) groups excluding carboxylic acids is 1. The highest BCUT2D eigenvalue weighted by Gasteiger charge is 2.33. The van der Waals surface area contributed by atoms with Gasteiger partial charge in [-0.05, 0) is 44.4 Å². The highest BCUT2D eigenvalue weighted by Crippen LogP contribution is 2.32. The zero-order valence-corrected chi connectivity index (χ0v) is 16.7. The van der Waals surface area contributed by atoms with Crippen LogP contribution >= 0.6 is 11.6 Å². The Balaban J connectivity index is 1.53. The van der Waals surface area contributed by atoms with Gasteiger partial charge < -0.3 is 14.0 Å². The van der Waals surface area contributed by atoms with Gasteiger partial charge in [0.2, 0.25) is 5.91 Å². The van der Waals surface area contributed by atoms with Crippen LogP contribution in [0.15, 0.2) is 35.1 Å². The Hall–Kier alpha value is -2.67. The van der Waals surface area contributed by atoms with Crippen LogP contribution in [-0.4, -0.2) is 37.3 Å². The minimum Gasteiger partial charge on any atom is -0.361 e. The fraction of sp³-hybridized carbons (Fsp3) is 0.400. The second kappa shape index (κ2) is 7.75. The average molecular weight is 400 g/mol. The summed E-state index contributed by atoms with van der Waals surface area (Å²) in [6.45, 7) is 5.07. The van der Waals surface area contributed by atoms with E-state index in [9.17, 15) is 4.79 Å². The minimum atomic E-state index is -0.0669. The van der Waals surface area contributed by atoms with Crippen molar-refractivity contribution in [3.8, 4) is 0 Å². The van der Waals surface area contributed by atoms with Gasteiger partial charge in [-0.2, -0.15) is 0 Å². The van der Waals surface area contributed by atoms with E-state index in [1.54, 1.807) is 6.33 Å². The third kappa shape index (κ3) is 3.67. The molecule has 1 amide bonds. The summed E-state index contributed by atoms with van der Waals surface area (Å²) in [4.78, 5) is 14.9. The molecule has 1 aliphatic heterocycles. The Labute approximate surface area is 168 Å². The van der Waals surface area contributed by atoms with E-state index in [0.29, 0.717) is 23.7 Å². The summed E-state index contributed by atoms with van der Waals surface area (Å²) in [6, 6.07) is 7.65. The van der Waals surface area contributed by atoms with E-state index in [4.69, 9.17) is 16.1 Å². The van der Waals surface area contributed by atoms with Crippen molar-refractivity contribution in [2.45, 2.75) is 45.7 Å². The molecule has 8 heteroatoms. The van der Waals surface area contributed by atoms with Crippen molar-refractivity contribution < 1.29 is 9.32 Å². The molecule has 1 fully saturated rings. The summed E-state index contributed by atoms with van der Waals surface area (Å²) < 4.78 is 7.20. The van der Waals surface area contributed by atoms with Gasteiger partial charge in [-0.1, -0.05) is 28.9 Å². The molecule has 7 nitrogen and oxygen atoms in total. The first-order valence-corrected chi connectivity index (χ1v) is 9.74. The average Bonchev–Trinajstić information content (AvgIpc) is 3.40. The maximum absolute atomic E-state index is 13.0. The van der Waals surface area contributed by atoms with Gasteiger partial charge >= 0.3 is 0 Å².